The van der Waals surface area contributed by atoms with Crippen LogP contribution in [0.5, 0.6) is 0 Å². The van der Waals surface area contributed by atoms with E-state index in [2.05, 4.69) is 4.98 Å². The molecule has 0 N–H and O–H groups in total. The Balaban J connectivity index is 1.90. The number of benzene rings is 2. The third-order valence-corrected chi connectivity index (χ3v) is 5.78. The highest BCUT2D eigenvalue weighted by molar-refractivity contribution is 7.16. The summed E-state index contributed by atoms with van der Waals surface area (Å²) in [6, 6.07) is 15.8. The molecule has 0 fully saturated rings. The van der Waals surface area contributed by atoms with Crippen molar-refractivity contribution in [2.45, 2.75) is 26.7 Å². The molecule has 0 aliphatic heterocycles. The number of esters is 1. The predicted octanol–water partition coefficient (Wildman–Crippen LogP) is 4.35. The van der Waals surface area contributed by atoms with Crippen molar-refractivity contribution in [2.75, 3.05) is 18.1 Å². The van der Waals surface area contributed by atoms with Crippen LogP contribution < -0.4 is 4.90 Å². The maximum Gasteiger partial charge on any atom is 0.358 e. The third-order valence-electron chi connectivity index (χ3n) is 4.78. The molecule has 0 atom stereocenters. The second-order valence-corrected chi connectivity index (χ2v) is 8.15. The zero-order valence-electron chi connectivity index (χ0n) is 17.8. The number of anilines is 1. The van der Waals surface area contributed by atoms with E-state index in [0.29, 0.717) is 28.5 Å². The van der Waals surface area contributed by atoms with E-state index in [0.717, 1.165) is 5.56 Å². The Hall–Kier alpha value is -3.59. The molecular weight excluding hydrogens is 430 g/mol. The van der Waals surface area contributed by atoms with Crippen molar-refractivity contribution in [3.05, 3.63) is 86.4 Å². The van der Waals surface area contributed by atoms with Gasteiger partial charge in [0, 0.05) is 23.1 Å². The molecule has 3 aromatic rings. The Morgan fingerprint density at radius 3 is 2.50 bits per heavy atom. The van der Waals surface area contributed by atoms with Gasteiger partial charge in [-0.3, -0.25) is 19.8 Å². The lowest BCUT2D eigenvalue weighted by Crippen LogP contribution is -2.34. The Morgan fingerprint density at radius 1 is 1.12 bits per heavy atom. The first kappa shape index (κ1) is 23.1. The third kappa shape index (κ3) is 5.55. The molecule has 0 aliphatic carbocycles. The second kappa shape index (κ2) is 10.6. The minimum Gasteiger partial charge on any atom is -0.461 e. The largest absolute Gasteiger partial charge is 0.461 e. The number of hydrogen-bond acceptors (Lipinski definition) is 7. The number of carbonyl (C=O) groups excluding carboxylic acids is 2. The van der Waals surface area contributed by atoms with E-state index in [4.69, 9.17) is 4.74 Å². The van der Waals surface area contributed by atoms with Crippen LogP contribution in [0.4, 0.5) is 10.8 Å². The number of carbonyl (C=O) groups is 2. The highest BCUT2D eigenvalue weighted by atomic mass is 32.1. The molecule has 1 amide bonds. The van der Waals surface area contributed by atoms with Crippen molar-refractivity contribution in [1.82, 2.24) is 4.98 Å². The molecule has 1 aromatic heterocycles. The molecule has 2 aromatic carbocycles. The molecule has 0 spiro atoms. The first-order chi connectivity index (χ1) is 15.4. The summed E-state index contributed by atoms with van der Waals surface area (Å²) in [4.78, 5) is 42.9. The van der Waals surface area contributed by atoms with Crippen LogP contribution in [0.2, 0.25) is 0 Å². The average molecular weight is 454 g/mol. The van der Waals surface area contributed by atoms with Gasteiger partial charge in [-0.2, -0.15) is 0 Å². The summed E-state index contributed by atoms with van der Waals surface area (Å²) in [6.45, 7) is 4.00. The van der Waals surface area contributed by atoms with Crippen LogP contribution in [0.3, 0.4) is 0 Å². The normalized spacial score (nSPS) is 10.6. The van der Waals surface area contributed by atoms with Gasteiger partial charge in [0.1, 0.15) is 0 Å². The molecule has 9 heteroatoms. The topological polar surface area (TPSA) is 103 Å². The van der Waals surface area contributed by atoms with Gasteiger partial charge in [-0.1, -0.05) is 48.5 Å². The summed E-state index contributed by atoms with van der Waals surface area (Å²) >= 11 is 1.22. The van der Waals surface area contributed by atoms with Crippen LogP contribution in [0.1, 0.15) is 33.4 Å². The fourth-order valence-corrected chi connectivity index (χ4v) is 4.14. The van der Waals surface area contributed by atoms with Crippen molar-refractivity contribution >= 4 is 34.0 Å². The Kier molecular flexibility index (Phi) is 7.67. The van der Waals surface area contributed by atoms with E-state index < -0.39 is 10.9 Å². The van der Waals surface area contributed by atoms with Crippen LogP contribution in [0, 0.1) is 17.0 Å². The van der Waals surface area contributed by atoms with E-state index in [1.54, 1.807) is 32.0 Å². The average Bonchev–Trinajstić information content (AvgIpc) is 3.16. The maximum absolute atomic E-state index is 13.3. The van der Waals surface area contributed by atoms with Crippen LogP contribution >= 0.6 is 11.3 Å². The SMILES string of the molecule is CCOC(=O)c1nc(N(CCc2ccccc2)C(=O)Cc2ccccc2[N+](=O)[O-])sc1C. The number of hydrogen-bond donors (Lipinski definition) is 0. The number of ether oxygens (including phenoxy) is 1. The molecule has 1 heterocycles. The molecule has 0 aliphatic rings. The lowest BCUT2D eigenvalue weighted by atomic mass is 10.1. The van der Waals surface area contributed by atoms with Crippen molar-refractivity contribution in [3.8, 4) is 0 Å². The van der Waals surface area contributed by atoms with Crippen LogP contribution in [-0.4, -0.2) is 34.9 Å². The molecular formula is C23H23N3O5S. The number of aromatic nitrogens is 1. The molecule has 0 bridgehead atoms. The van der Waals surface area contributed by atoms with Crippen molar-refractivity contribution in [2.24, 2.45) is 0 Å². The van der Waals surface area contributed by atoms with Gasteiger partial charge in [0.25, 0.3) is 5.69 Å². The van der Waals surface area contributed by atoms with Gasteiger partial charge in [-0.15, -0.1) is 11.3 Å². The van der Waals surface area contributed by atoms with E-state index >= 15 is 0 Å². The molecule has 0 radical (unpaired) electrons. The lowest BCUT2D eigenvalue weighted by molar-refractivity contribution is -0.385. The zero-order chi connectivity index (χ0) is 23.1. The predicted molar refractivity (Wildman–Crippen MR) is 122 cm³/mol. The van der Waals surface area contributed by atoms with E-state index in [1.165, 1.54) is 22.3 Å². The molecule has 166 valence electrons. The van der Waals surface area contributed by atoms with Gasteiger partial charge in [0.05, 0.1) is 18.0 Å². The first-order valence-electron chi connectivity index (χ1n) is 10.1. The molecule has 0 unspecified atom stereocenters. The van der Waals surface area contributed by atoms with Gasteiger partial charge in [-0.25, -0.2) is 9.78 Å². The molecule has 0 saturated heterocycles. The summed E-state index contributed by atoms with van der Waals surface area (Å²) in [7, 11) is 0. The number of nitrogens with zero attached hydrogens (tertiary/aromatic N) is 3. The first-order valence-corrected chi connectivity index (χ1v) is 10.9. The van der Waals surface area contributed by atoms with Gasteiger partial charge in [0.2, 0.25) is 5.91 Å². The van der Waals surface area contributed by atoms with Gasteiger partial charge >= 0.3 is 5.97 Å². The molecule has 8 nitrogen and oxygen atoms in total. The van der Waals surface area contributed by atoms with Crippen LogP contribution in [0.25, 0.3) is 0 Å². The highest BCUT2D eigenvalue weighted by Gasteiger charge is 2.26. The Bertz CT molecular complexity index is 1110. The number of rotatable bonds is 9. The van der Waals surface area contributed by atoms with Crippen LogP contribution in [0.15, 0.2) is 54.6 Å². The van der Waals surface area contributed by atoms with E-state index in [-0.39, 0.29) is 30.3 Å². The van der Waals surface area contributed by atoms with E-state index in [1.807, 2.05) is 30.3 Å². The van der Waals surface area contributed by atoms with E-state index in [9.17, 15) is 19.7 Å². The second-order valence-electron chi connectivity index (χ2n) is 6.97. The fraction of sp³-hybridized carbons (Fsp3) is 0.261. The Morgan fingerprint density at radius 2 is 1.81 bits per heavy atom. The van der Waals surface area contributed by atoms with Crippen molar-refractivity contribution in [3.63, 3.8) is 0 Å². The lowest BCUT2D eigenvalue weighted by Gasteiger charge is -2.20. The highest BCUT2D eigenvalue weighted by Crippen LogP contribution is 2.28. The van der Waals surface area contributed by atoms with Crippen molar-refractivity contribution in [1.29, 1.82) is 0 Å². The monoisotopic (exact) mass is 453 g/mol. The Labute approximate surface area is 189 Å². The van der Waals surface area contributed by atoms with Crippen LogP contribution in [-0.2, 0) is 22.4 Å². The number of nitro benzene ring substituents is 1. The minimum atomic E-state index is -0.540. The number of nitro groups is 1. The quantitative estimate of drug-likeness (QED) is 0.271. The number of para-hydroxylation sites is 1. The summed E-state index contributed by atoms with van der Waals surface area (Å²) in [6.07, 6.45) is 0.413. The smallest absolute Gasteiger partial charge is 0.358 e. The molecule has 32 heavy (non-hydrogen) atoms. The number of aryl methyl sites for hydroxylation is 1. The summed E-state index contributed by atoms with van der Waals surface area (Å²) < 4.78 is 5.06. The van der Waals surface area contributed by atoms with Gasteiger partial charge < -0.3 is 4.74 Å². The molecule has 0 saturated carbocycles. The summed E-state index contributed by atoms with van der Waals surface area (Å²) in [5, 5.41) is 11.7. The fourth-order valence-electron chi connectivity index (χ4n) is 3.20. The zero-order valence-corrected chi connectivity index (χ0v) is 18.6. The van der Waals surface area contributed by atoms with Crippen molar-refractivity contribution < 1.29 is 19.2 Å². The standard InChI is InChI=1S/C23H23N3O5S/c1-3-31-22(28)21-16(2)32-23(24-21)25(14-13-17-9-5-4-6-10-17)20(27)15-18-11-7-8-12-19(18)26(29)30/h4-12H,3,13-15H2,1-2H3. The summed E-state index contributed by atoms with van der Waals surface area (Å²) in [5.41, 5.74) is 1.43. The summed E-state index contributed by atoms with van der Waals surface area (Å²) in [5.74, 6) is -0.874. The molecule has 3 rings (SSSR count). The number of thiazole rings is 1. The van der Waals surface area contributed by atoms with Gasteiger partial charge in [0.15, 0.2) is 10.8 Å². The number of amides is 1. The maximum atomic E-state index is 13.3. The minimum absolute atomic E-state index is 0.105. The van der Waals surface area contributed by atoms with Gasteiger partial charge in [-0.05, 0) is 25.8 Å².